The first-order chi connectivity index (χ1) is 8.33. The van der Waals surface area contributed by atoms with E-state index >= 15 is 0 Å². The Bertz CT molecular complexity index is 243. The SMILES string of the molecule is CCOCC(C)OC(C)CC(C)(N)C(=O)OCC. The van der Waals surface area contributed by atoms with Crippen LogP contribution in [0.1, 0.15) is 41.0 Å². The fraction of sp³-hybridized carbons (Fsp3) is 0.923. The molecule has 0 spiro atoms. The van der Waals surface area contributed by atoms with Gasteiger partial charge in [0.1, 0.15) is 5.54 Å². The van der Waals surface area contributed by atoms with E-state index in [1.807, 2.05) is 20.8 Å². The number of rotatable bonds is 9. The van der Waals surface area contributed by atoms with Crippen LogP contribution in [0.2, 0.25) is 0 Å². The predicted octanol–water partition coefficient (Wildman–Crippen LogP) is 1.49. The van der Waals surface area contributed by atoms with E-state index in [4.69, 9.17) is 19.9 Å². The minimum absolute atomic E-state index is 0.0158. The van der Waals surface area contributed by atoms with Gasteiger partial charge in [-0.2, -0.15) is 0 Å². The average Bonchev–Trinajstić information content (AvgIpc) is 2.25. The molecule has 0 aliphatic carbocycles. The van der Waals surface area contributed by atoms with Crippen molar-refractivity contribution in [2.45, 2.75) is 58.8 Å². The molecule has 0 saturated carbocycles. The quantitative estimate of drug-likeness (QED) is 0.637. The Hall–Kier alpha value is -0.650. The fourth-order valence-electron chi connectivity index (χ4n) is 1.74. The van der Waals surface area contributed by atoms with Gasteiger partial charge in [0, 0.05) is 13.0 Å². The molecule has 0 aliphatic heterocycles. The fourth-order valence-corrected chi connectivity index (χ4v) is 1.74. The summed E-state index contributed by atoms with van der Waals surface area (Å²) in [4.78, 5) is 11.6. The number of esters is 1. The Morgan fingerprint density at radius 3 is 2.33 bits per heavy atom. The van der Waals surface area contributed by atoms with Crippen molar-refractivity contribution in [2.75, 3.05) is 19.8 Å². The first-order valence-corrected chi connectivity index (χ1v) is 6.52. The molecule has 108 valence electrons. The van der Waals surface area contributed by atoms with Crippen LogP contribution in [0.15, 0.2) is 0 Å². The molecular weight excluding hydrogens is 234 g/mol. The maximum Gasteiger partial charge on any atom is 0.325 e. The van der Waals surface area contributed by atoms with E-state index in [9.17, 15) is 4.79 Å². The molecule has 0 fully saturated rings. The minimum Gasteiger partial charge on any atom is -0.465 e. The molecule has 0 aliphatic rings. The summed E-state index contributed by atoms with van der Waals surface area (Å²) < 4.78 is 15.9. The highest BCUT2D eigenvalue weighted by Crippen LogP contribution is 2.15. The zero-order valence-corrected chi connectivity index (χ0v) is 12.2. The zero-order chi connectivity index (χ0) is 14.2. The van der Waals surface area contributed by atoms with E-state index in [1.165, 1.54) is 0 Å². The lowest BCUT2D eigenvalue weighted by Crippen LogP contribution is -2.48. The Morgan fingerprint density at radius 1 is 1.22 bits per heavy atom. The van der Waals surface area contributed by atoms with Crippen molar-refractivity contribution >= 4 is 5.97 Å². The Labute approximate surface area is 110 Å². The second-order valence-electron chi connectivity index (χ2n) is 4.76. The Kier molecular flexibility index (Phi) is 8.15. The Morgan fingerprint density at radius 2 is 1.83 bits per heavy atom. The number of hydrogen-bond donors (Lipinski definition) is 1. The summed E-state index contributed by atoms with van der Waals surface area (Å²) in [5, 5.41) is 0. The summed E-state index contributed by atoms with van der Waals surface area (Å²) in [7, 11) is 0. The molecule has 0 amide bonds. The molecule has 5 heteroatoms. The molecule has 0 radical (unpaired) electrons. The molecular formula is C13H27NO4. The van der Waals surface area contributed by atoms with Crippen molar-refractivity contribution in [1.29, 1.82) is 0 Å². The smallest absolute Gasteiger partial charge is 0.325 e. The lowest BCUT2D eigenvalue weighted by Gasteiger charge is -2.27. The first kappa shape index (κ1) is 17.4. The first-order valence-electron chi connectivity index (χ1n) is 6.52. The third kappa shape index (κ3) is 6.93. The van der Waals surface area contributed by atoms with Crippen LogP contribution in [0.25, 0.3) is 0 Å². The van der Waals surface area contributed by atoms with E-state index in [0.717, 1.165) is 0 Å². The molecule has 5 nitrogen and oxygen atoms in total. The molecule has 2 N–H and O–H groups in total. The monoisotopic (exact) mass is 261 g/mol. The third-order valence-electron chi connectivity index (χ3n) is 2.47. The van der Waals surface area contributed by atoms with Gasteiger partial charge in [0.15, 0.2) is 0 Å². The normalized spacial score (nSPS) is 17.9. The van der Waals surface area contributed by atoms with Crippen LogP contribution >= 0.6 is 0 Å². The van der Waals surface area contributed by atoms with Gasteiger partial charge in [-0.15, -0.1) is 0 Å². The van der Waals surface area contributed by atoms with E-state index in [-0.39, 0.29) is 12.2 Å². The van der Waals surface area contributed by atoms with Gasteiger partial charge in [-0.25, -0.2) is 0 Å². The summed E-state index contributed by atoms with van der Waals surface area (Å²) in [6, 6.07) is 0. The van der Waals surface area contributed by atoms with Gasteiger partial charge in [-0.05, 0) is 34.6 Å². The van der Waals surface area contributed by atoms with Crippen molar-refractivity contribution in [3.05, 3.63) is 0 Å². The highest BCUT2D eigenvalue weighted by Gasteiger charge is 2.32. The van der Waals surface area contributed by atoms with Gasteiger partial charge in [0.25, 0.3) is 0 Å². The number of carbonyl (C=O) groups is 1. The lowest BCUT2D eigenvalue weighted by molar-refractivity contribution is -0.151. The van der Waals surface area contributed by atoms with Crippen LogP contribution in [0.3, 0.4) is 0 Å². The average molecular weight is 261 g/mol. The lowest BCUT2D eigenvalue weighted by atomic mass is 9.96. The largest absolute Gasteiger partial charge is 0.465 e. The molecule has 3 unspecified atom stereocenters. The van der Waals surface area contributed by atoms with Crippen molar-refractivity contribution in [2.24, 2.45) is 5.73 Å². The summed E-state index contributed by atoms with van der Waals surface area (Å²) in [6.07, 6.45) is 0.278. The van der Waals surface area contributed by atoms with Crippen LogP contribution in [0.5, 0.6) is 0 Å². The molecule has 0 rings (SSSR count). The van der Waals surface area contributed by atoms with Gasteiger partial charge >= 0.3 is 5.97 Å². The van der Waals surface area contributed by atoms with Crippen molar-refractivity contribution in [3.63, 3.8) is 0 Å². The van der Waals surface area contributed by atoms with Gasteiger partial charge in [0.2, 0.25) is 0 Å². The number of ether oxygens (including phenoxy) is 3. The predicted molar refractivity (Wildman–Crippen MR) is 70.3 cm³/mol. The topological polar surface area (TPSA) is 70.8 Å². The van der Waals surface area contributed by atoms with E-state index in [1.54, 1.807) is 13.8 Å². The molecule has 0 heterocycles. The van der Waals surface area contributed by atoms with Crippen molar-refractivity contribution in [3.8, 4) is 0 Å². The number of nitrogens with two attached hydrogens (primary N) is 1. The van der Waals surface area contributed by atoms with Crippen molar-refractivity contribution < 1.29 is 19.0 Å². The minimum atomic E-state index is -1.01. The van der Waals surface area contributed by atoms with Crippen LogP contribution in [0, 0.1) is 0 Å². The van der Waals surface area contributed by atoms with E-state index in [0.29, 0.717) is 26.2 Å². The second kappa shape index (κ2) is 8.45. The molecule has 0 aromatic heterocycles. The zero-order valence-electron chi connectivity index (χ0n) is 12.2. The summed E-state index contributed by atoms with van der Waals surface area (Å²) >= 11 is 0. The van der Waals surface area contributed by atoms with Crippen molar-refractivity contribution in [1.82, 2.24) is 0 Å². The molecule has 0 saturated heterocycles. The Balaban J connectivity index is 4.12. The maximum atomic E-state index is 11.6. The number of carbonyl (C=O) groups excluding carboxylic acids is 1. The van der Waals surface area contributed by atoms with Crippen LogP contribution in [0.4, 0.5) is 0 Å². The van der Waals surface area contributed by atoms with Gasteiger partial charge in [0.05, 0.1) is 25.4 Å². The molecule has 3 atom stereocenters. The van der Waals surface area contributed by atoms with Gasteiger partial charge in [-0.3, -0.25) is 4.79 Å². The number of hydrogen-bond acceptors (Lipinski definition) is 5. The second-order valence-corrected chi connectivity index (χ2v) is 4.76. The maximum absolute atomic E-state index is 11.6. The summed E-state index contributed by atoms with van der Waals surface area (Å²) in [5.74, 6) is -0.391. The van der Waals surface area contributed by atoms with Gasteiger partial charge < -0.3 is 19.9 Å². The van der Waals surface area contributed by atoms with Crippen LogP contribution in [-0.2, 0) is 19.0 Å². The standard InChI is InChI=1S/C13H27NO4/c1-6-16-9-11(4)18-10(3)8-13(5,14)12(15)17-7-2/h10-11H,6-9,14H2,1-5H3. The molecule has 0 bridgehead atoms. The summed E-state index contributed by atoms with van der Waals surface area (Å²) in [5.41, 5.74) is 4.92. The molecule has 0 aromatic carbocycles. The van der Waals surface area contributed by atoms with E-state index < -0.39 is 11.5 Å². The highest BCUT2D eigenvalue weighted by atomic mass is 16.5. The molecule has 18 heavy (non-hydrogen) atoms. The summed E-state index contributed by atoms with van der Waals surface area (Å²) in [6.45, 7) is 10.7. The third-order valence-corrected chi connectivity index (χ3v) is 2.47. The highest BCUT2D eigenvalue weighted by molar-refractivity contribution is 5.80. The van der Waals surface area contributed by atoms with E-state index in [2.05, 4.69) is 0 Å². The van der Waals surface area contributed by atoms with Crippen LogP contribution < -0.4 is 5.73 Å². The van der Waals surface area contributed by atoms with Crippen LogP contribution in [-0.4, -0.2) is 43.5 Å². The molecule has 0 aromatic rings. The van der Waals surface area contributed by atoms with Gasteiger partial charge in [-0.1, -0.05) is 0 Å².